The molecule has 1 atom stereocenters. The van der Waals surface area contributed by atoms with Gasteiger partial charge in [0, 0.05) is 39.3 Å². The van der Waals surface area contributed by atoms with E-state index in [2.05, 4.69) is 21.9 Å². The predicted octanol–water partition coefficient (Wildman–Crippen LogP) is 1.70. The molecule has 0 spiro atoms. The molecule has 0 saturated carbocycles. The number of aliphatic hydroxyl groups is 2. The van der Waals surface area contributed by atoms with Gasteiger partial charge in [0.05, 0.1) is 6.61 Å². The molecule has 1 heterocycles. The van der Waals surface area contributed by atoms with Crippen LogP contribution in [-0.4, -0.2) is 78.6 Å². The highest BCUT2D eigenvalue weighted by atomic mass is 16.5. The first-order valence-corrected chi connectivity index (χ1v) is 9.26. The zero-order valence-corrected chi connectivity index (χ0v) is 15.1. The van der Waals surface area contributed by atoms with Crippen molar-refractivity contribution in [2.24, 2.45) is 0 Å². The minimum Gasteiger partial charge on any atom is -0.491 e. The number of nitrogens with zero attached hydrogens (tertiary/aromatic N) is 2. The third kappa shape index (κ3) is 5.54. The number of rotatable bonds is 8. The summed E-state index contributed by atoms with van der Waals surface area (Å²) in [7, 11) is 0. The van der Waals surface area contributed by atoms with Crippen molar-refractivity contribution in [3.8, 4) is 16.9 Å². The lowest BCUT2D eigenvalue weighted by Crippen LogP contribution is -2.49. The van der Waals surface area contributed by atoms with Gasteiger partial charge in [-0.25, -0.2) is 0 Å². The molecule has 5 heteroatoms. The minimum atomic E-state index is -0.506. The molecule has 2 N–H and O–H groups in total. The molecule has 0 aliphatic carbocycles. The molecule has 0 unspecified atom stereocenters. The molecule has 0 radical (unpaired) electrons. The Hall–Kier alpha value is -1.92. The molecule has 26 heavy (non-hydrogen) atoms. The molecule has 0 amide bonds. The number of benzene rings is 2. The smallest absolute Gasteiger partial charge is 0.119 e. The third-order valence-electron chi connectivity index (χ3n) is 4.75. The van der Waals surface area contributed by atoms with E-state index in [-0.39, 0.29) is 6.61 Å². The van der Waals surface area contributed by atoms with E-state index >= 15 is 0 Å². The standard InChI is InChI=1S/C21H28N2O3/c24-15-14-22-10-12-23(13-11-22)16-20(25)17-26-21-8-6-19(7-9-21)18-4-2-1-3-5-18/h1-9,20,24-25H,10-17H2/t20-/m1/s1. The first-order valence-electron chi connectivity index (χ1n) is 9.26. The monoisotopic (exact) mass is 356 g/mol. The van der Waals surface area contributed by atoms with E-state index in [1.165, 1.54) is 5.56 Å². The van der Waals surface area contributed by atoms with Gasteiger partial charge in [-0.05, 0) is 23.3 Å². The average molecular weight is 356 g/mol. The van der Waals surface area contributed by atoms with Crippen LogP contribution < -0.4 is 4.74 Å². The van der Waals surface area contributed by atoms with Crippen molar-refractivity contribution in [2.75, 3.05) is 52.5 Å². The van der Waals surface area contributed by atoms with Gasteiger partial charge < -0.3 is 14.9 Å². The van der Waals surface area contributed by atoms with Gasteiger partial charge in [0.15, 0.2) is 0 Å². The summed E-state index contributed by atoms with van der Waals surface area (Å²) in [6.45, 7) is 5.57. The van der Waals surface area contributed by atoms with E-state index in [1.54, 1.807) is 0 Å². The van der Waals surface area contributed by atoms with Gasteiger partial charge >= 0.3 is 0 Å². The average Bonchev–Trinajstić information content (AvgIpc) is 2.69. The van der Waals surface area contributed by atoms with Crippen LogP contribution in [0.25, 0.3) is 11.1 Å². The van der Waals surface area contributed by atoms with Gasteiger partial charge in [-0.1, -0.05) is 42.5 Å². The highest BCUT2D eigenvalue weighted by Gasteiger charge is 2.19. The molecule has 5 nitrogen and oxygen atoms in total. The molecular formula is C21H28N2O3. The first kappa shape index (κ1) is 18.9. The van der Waals surface area contributed by atoms with Crippen LogP contribution in [0.15, 0.2) is 54.6 Å². The van der Waals surface area contributed by atoms with Crippen molar-refractivity contribution in [1.82, 2.24) is 9.80 Å². The van der Waals surface area contributed by atoms with Crippen molar-refractivity contribution in [2.45, 2.75) is 6.10 Å². The van der Waals surface area contributed by atoms with Crippen LogP contribution in [0.5, 0.6) is 5.75 Å². The van der Waals surface area contributed by atoms with Crippen LogP contribution in [-0.2, 0) is 0 Å². The predicted molar refractivity (Wildman–Crippen MR) is 103 cm³/mol. The molecule has 140 valence electrons. The van der Waals surface area contributed by atoms with Gasteiger partial charge in [-0.2, -0.15) is 0 Å². The molecule has 1 saturated heterocycles. The number of piperazine rings is 1. The summed E-state index contributed by atoms with van der Waals surface area (Å²) in [6, 6.07) is 18.2. The second-order valence-corrected chi connectivity index (χ2v) is 6.72. The van der Waals surface area contributed by atoms with Crippen LogP contribution >= 0.6 is 0 Å². The summed E-state index contributed by atoms with van der Waals surface area (Å²) < 4.78 is 5.74. The minimum absolute atomic E-state index is 0.208. The Morgan fingerprint density at radius 2 is 1.46 bits per heavy atom. The molecule has 1 aliphatic heterocycles. The number of hydrogen-bond donors (Lipinski definition) is 2. The molecule has 0 aromatic heterocycles. The van der Waals surface area contributed by atoms with E-state index in [9.17, 15) is 5.11 Å². The molecule has 1 fully saturated rings. The molecule has 1 aliphatic rings. The number of hydrogen-bond acceptors (Lipinski definition) is 5. The lowest BCUT2D eigenvalue weighted by molar-refractivity contribution is 0.0428. The van der Waals surface area contributed by atoms with Crippen LogP contribution in [0.1, 0.15) is 0 Å². The maximum Gasteiger partial charge on any atom is 0.119 e. The maximum absolute atomic E-state index is 10.2. The van der Waals surface area contributed by atoms with Gasteiger partial charge in [-0.3, -0.25) is 9.80 Å². The number of β-amino-alcohol motifs (C(OH)–C–C–N with tert-alkyl or cyclic N) is 2. The molecule has 2 aromatic rings. The Morgan fingerprint density at radius 3 is 2.12 bits per heavy atom. The third-order valence-corrected chi connectivity index (χ3v) is 4.75. The molecular weight excluding hydrogens is 328 g/mol. The van der Waals surface area contributed by atoms with E-state index in [1.807, 2.05) is 42.5 Å². The van der Waals surface area contributed by atoms with Gasteiger partial charge in [-0.15, -0.1) is 0 Å². The van der Waals surface area contributed by atoms with E-state index in [0.717, 1.165) is 44.0 Å². The zero-order chi connectivity index (χ0) is 18.2. The Balaban J connectivity index is 1.41. The Labute approximate surface area is 155 Å². The Bertz CT molecular complexity index is 640. The second-order valence-electron chi connectivity index (χ2n) is 6.72. The number of ether oxygens (including phenoxy) is 1. The highest BCUT2D eigenvalue weighted by molar-refractivity contribution is 5.63. The summed E-state index contributed by atoms with van der Waals surface area (Å²) >= 11 is 0. The fraction of sp³-hybridized carbons (Fsp3) is 0.429. The quantitative estimate of drug-likeness (QED) is 0.754. The van der Waals surface area contributed by atoms with Crippen molar-refractivity contribution >= 4 is 0 Å². The van der Waals surface area contributed by atoms with Crippen molar-refractivity contribution in [1.29, 1.82) is 0 Å². The van der Waals surface area contributed by atoms with Crippen LogP contribution in [0.3, 0.4) is 0 Å². The second kappa shape index (κ2) is 9.69. The fourth-order valence-corrected chi connectivity index (χ4v) is 3.25. The lowest BCUT2D eigenvalue weighted by Gasteiger charge is -2.35. The van der Waals surface area contributed by atoms with Crippen molar-refractivity contribution in [3.63, 3.8) is 0 Å². The van der Waals surface area contributed by atoms with E-state index in [0.29, 0.717) is 13.2 Å². The molecule has 2 aromatic carbocycles. The largest absolute Gasteiger partial charge is 0.491 e. The van der Waals surface area contributed by atoms with E-state index in [4.69, 9.17) is 9.84 Å². The van der Waals surface area contributed by atoms with Gasteiger partial charge in [0.1, 0.15) is 18.5 Å². The van der Waals surface area contributed by atoms with Crippen molar-refractivity contribution in [3.05, 3.63) is 54.6 Å². The SMILES string of the molecule is OCCN1CCN(C[C@@H](O)COc2ccc(-c3ccccc3)cc2)CC1. The van der Waals surface area contributed by atoms with Gasteiger partial charge in [0.25, 0.3) is 0 Å². The van der Waals surface area contributed by atoms with Crippen LogP contribution in [0, 0.1) is 0 Å². The first-order chi connectivity index (χ1) is 12.7. The molecule has 3 rings (SSSR count). The summed E-state index contributed by atoms with van der Waals surface area (Å²) in [6.07, 6.45) is -0.506. The maximum atomic E-state index is 10.2. The summed E-state index contributed by atoms with van der Waals surface area (Å²) in [5, 5.41) is 19.2. The van der Waals surface area contributed by atoms with Crippen LogP contribution in [0.4, 0.5) is 0 Å². The van der Waals surface area contributed by atoms with Crippen molar-refractivity contribution < 1.29 is 14.9 Å². The highest BCUT2D eigenvalue weighted by Crippen LogP contribution is 2.22. The lowest BCUT2D eigenvalue weighted by atomic mass is 10.1. The molecule has 0 bridgehead atoms. The topological polar surface area (TPSA) is 56.2 Å². The van der Waals surface area contributed by atoms with Crippen LogP contribution in [0.2, 0.25) is 0 Å². The van der Waals surface area contributed by atoms with Gasteiger partial charge in [0.2, 0.25) is 0 Å². The normalized spacial score (nSPS) is 17.2. The summed E-state index contributed by atoms with van der Waals surface area (Å²) in [5.74, 6) is 0.775. The summed E-state index contributed by atoms with van der Waals surface area (Å²) in [4.78, 5) is 4.49. The zero-order valence-electron chi connectivity index (χ0n) is 15.1. The summed E-state index contributed by atoms with van der Waals surface area (Å²) in [5.41, 5.74) is 2.33. The van der Waals surface area contributed by atoms with E-state index < -0.39 is 6.10 Å². The Morgan fingerprint density at radius 1 is 0.846 bits per heavy atom. The fourth-order valence-electron chi connectivity index (χ4n) is 3.25. The number of aliphatic hydroxyl groups excluding tert-OH is 2. The Kier molecular flexibility index (Phi) is 7.03.